The van der Waals surface area contributed by atoms with Crippen molar-refractivity contribution < 1.29 is 43.5 Å². The second-order valence-corrected chi connectivity index (χ2v) is 4.37. The van der Waals surface area contributed by atoms with Crippen LogP contribution in [0.1, 0.15) is 0 Å². The van der Waals surface area contributed by atoms with E-state index in [1.54, 1.807) is 0 Å². The highest BCUT2D eigenvalue weighted by molar-refractivity contribution is 7.90. The Morgan fingerprint density at radius 1 is 1.18 bits per heavy atom. The lowest BCUT2D eigenvalue weighted by molar-refractivity contribution is -0.225. The van der Waals surface area contributed by atoms with E-state index in [9.17, 15) is 34.8 Å². The third-order valence-electron chi connectivity index (χ3n) is 1.02. The number of nitrogens with two attached hydrogens (primary N) is 2. The van der Waals surface area contributed by atoms with Crippen LogP contribution in [-0.2, 0) is 21.3 Å². The summed E-state index contributed by atoms with van der Waals surface area (Å²) >= 11 is -2.36. The third-order valence-corrected chi connectivity index (χ3v) is 2.01. The summed E-state index contributed by atoms with van der Waals surface area (Å²) in [6, 6.07) is 0. The number of sulfonamides is 1. The Bertz CT molecular complexity index is 365. The fourth-order valence-electron chi connectivity index (χ4n) is 0.317. The highest BCUT2D eigenvalue weighted by atomic mass is 32.2. The van der Waals surface area contributed by atoms with Crippen LogP contribution in [-0.4, -0.2) is 34.8 Å². The van der Waals surface area contributed by atoms with Crippen molar-refractivity contribution in [3.63, 3.8) is 0 Å². The van der Waals surface area contributed by atoms with Crippen molar-refractivity contribution in [1.82, 2.24) is 0 Å². The van der Waals surface area contributed by atoms with E-state index in [4.69, 9.17) is 8.76 Å². The number of alkyl halides is 6. The Morgan fingerprint density at radius 2 is 1.41 bits per heavy atom. The predicted molar refractivity (Wildman–Crippen MR) is 42.1 cm³/mol. The van der Waals surface area contributed by atoms with Crippen LogP contribution in [0.15, 0.2) is 0 Å². The largest absolute Gasteiger partial charge is 0.760 e. The van der Waals surface area contributed by atoms with E-state index < -0.39 is 38.9 Å². The molecule has 0 aliphatic heterocycles. The molecule has 17 heavy (non-hydrogen) atoms. The molecule has 0 saturated heterocycles. The molecule has 0 bridgehead atoms. The minimum absolute atomic E-state index is 2.36. The van der Waals surface area contributed by atoms with Gasteiger partial charge in [0.15, 0.2) is 0 Å². The number of halogens is 6. The van der Waals surface area contributed by atoms with Gasteiger partial charge in [0.05, 0.1) is 0 Å². The molecule has 0 aromatic rings. The highest BCUT2D eigenvalue weighted by Gasteiger charge is 2.69. The van der Waals surface area contributed by atoms with Gasteiger partial charge >= 0.3 is 17.6 Å². The predicted octanol–water partition coefficient (Wildman–Crippen LogP) is -0.493. The fourth-order valence-corrected chi connectivity index (χ4v) is 0.785. The van der Waals surface area contributed by atoms with Crippen LogP contribution >= 0.6 is 0 Å². The van der Waals surface area contributed by atoms with Crippen molar-refractivity contribution in [1.29, 1.82) is 0 Å². The molecule has 0 amide bonds. The Balaban J connectivity index is 0. The third kappa shape index (κ3) is 5.15. The first-order valence-electron chi connectivity index (χ1n) is 3.07. The van der Waals surface area contributed by atoms with Crippen LogP contribution in [0, 0.1) is 0 Å². The van der Waals surface area contributed by atoms with E-state index in [-0.39, 0.29) is 0 Å². The molecule has 0 aliphatic carbocycles. The van der Waals surface area contributed by atoms with Crippen molar-refractivity contribution >= 4 is 21.3 Å². The number of hydrogen-bond acceptors (Lipinski definition) is 4. The zero-order chi connectivity index (χ0) is 14.7. The summed E-state index contributed by atoms with van der Waals surface area (Å²) in [5, 5.41) is 1.70. The molecule has 0 spiro atoms. The molecule has 0 aromatic carbocycles. The van der Waals surface area contributed by atoms with E-state index in [0.29, 0.717) is 0 Å². The second kappa shape index (κ2) is 5.94. The molecule has 0 aromatic heterocycles. The molecule has 1 atom stereocenters. The molecule has 0 fully saturated rings. The molecule has 0 rings (SSSR count). The first-order chi connectivity index (χ1) is 7.18. The number of hydrogen-bond donors (Lipinski definition) is 2. The van der Waals surface area contributed by atoms with Gasteiger partial charge in [0, 0.05) is 11.3 Å². The molecule has 106 valence electrons. The van der Waals surface area contributed by atoms with Crippen molar-refractivity contribution in [2.24, 2.45) is 10.3 Å². The summed E-state index contributed by atoms with van der Waals surface area (Å²) in [5.74, 6) is -6.00. The Kier molecular flexibility index (Phi) is 6.61. The SMILES string of the molecule is NS(=O)(=O)C(F)(F)C(F)(F)C(F)F.NS(=O)[O-]. The zero-order valence-electron chi connectivity index (χ0n) is 7.45. The molecule has 0 heterocycles. The Labute approximate surface area is 93.4 Å². The van der Waals surface area contributed by atoms with Gasteiger partial charge in [-0.25, -0.2) is 22.3 Å². The van der Waals surface area contributed by atoms with Gasteiger partial charge in [-0.05, 0) is 0 Å². The number of rotatable bonds is 3. The van der Waals surface area contributed by atoms with Crippen molar-refractivity contribution in [2.75, 3.05) is 0 Å². The Hall–Kier alpha value is -0.440. The average molecular weight is 311 g/mol. The maximum atomic E-state index is 12.0. The monoisotopic (exact) mass is 311 g/mol. The Morgan fingerprint density at radius 3 is 1.47 bits per heavy atom. The van der Waals surface area contributed by atoms with Crippen LogP contribution in [0.5, 0.6) is 0 Å². The van der Waals surface area contributed by atoms with Gasteiger partial charge in [-0.3, -0.25) is 9.35 Å². The van der Waals surface area contributed by atoms with E-state index in [1.165, 1.54) is 0 Å². The summed E-state index contributed by atoms with van der Waals surface area (Å²) in [6.45, 7) is 0. The van der Waals surface area contributed by atoms with Crippen LogP contribution in [0.4, 0.5) is 26.3 Å². The van der Waals surface area contributed by atoms with Gasteiger partial charge in [-0.15, -0.1) is 0 Å². The molecule has 14 heteroatoms. The lowest BCUT2D eigenvalue weighted by atomic mass is 10.4. The molecule has 0 aliphatic rings. The van der Waals surface area contributed by atoms with E-state index >= 15 is 0 Å². The molecule has 1 unspecified atom stereocenters. The maximum absolute atomic E-state index is 12.0. The first-order valence-corrected chi connectivity index (χ1v) is 5.76. The van der Waals surface area contributed by atoms with Gasteiger partial charge in [0.25, 0.3) is 10.0 Å². The topological polar surface area (TPSA) is 126 Å². The standard InChI is InChI=1S/C3H3F6NO2S.H3NO2S/c4-1(5)2(6,7)3(8,9)13(10,11)12;1-4(2)3/h1H,(H2,10,11,12);1H2,(H,2,3)/p-1. The van der Waals surface area contributed by atoms with E-state index in [2.05, 4.69) is 10.3 Å². The molecule has 4 N–H and O–H groups in total. The van der Waals surface area contributed by atoms with Crippen LogP contribution in [0.25, 0.3) is 0 Å². The smallest absolute Gasteiger partial charge is 0.426 e. The normalized spacial score (nSPS) is 15.2. The summed E-state index contributed by atoms with van der Waals surface area (Å²) < 4.78 is 108. The summed E-state index contributed by atoms with van der Waals surface area (Å²) in [7, 11) is -6.07. The second-order valence-electron chi connectivity index (χ2n) is 2.25. The van der Waals surface area contributed by atoms with Crippen molar-refractivity contribution in [3.05, 3.63) is 0 Å². The summed E-state index contributed by atoms with van der Waals surface area (Å²) in [6.07, 6.45) is -4.82. The molecule has 0 saturated carbocycles. The van der Waals surface area contributed by atoms with Gasteiger partial charge in [-0.2, -0.15) is 17.6 Å². The van der Waals surface area contributed by atoms with Crippen LogP contribution < -0.4 is 10.3 Å². The average Bonchev–Trinajstić information content (AvgIpc) is 1.99. The van der Waals surface area contributed by atoms with Gasteiger partial charge in [0.2, 0.25) is 0 Å². The fraction of sp³-hybridized carbons (Fsp3) is 1.00. The van der Waals surface area contributed by atoms with Crippen LogP contribution in [0.2, 0.25) is 0 Å². The molecule has 0 radical (unpaired) electrons. The lowest BCUT2D eigenvalue weighted by Crippen LogP contribution is -2.54. The minimum Gasteiger partial charge on any atom is -0.760 e. The van der Waals surface area contributed by atoms with Crippen LogP contribution in [0.3, 0.4) is 0 Å². The van der Waals surface area contributed by atoms with E-state index in [1.807, 2.05) is 0 Å². The maximum Gasteiger partial charge on any atom is 0.426 e. The zero-order valence-corrected chi connectivity index (χ0v) is 9.08. The number of primary sulfonamides is 1. The molecular weight excluding hydrogens is 306 g/mol. The van der Waals surface area contributed by atoms with Gasteiger partial charge in [-0.1, -0.05) is 0 Å². The quantitative estimate of drug-likeness (QED) is 0.538. The van der Waals surface area contributed by atoms with Crippen molar-refractivity contribution in [3.8, 4) is 0 Å². The molecule has 6 nitrogen and oxygen atoms in total. The summed E-state index contributed by atoms with van der Waals surface area (Å²) in [5.41, 5.74) is 0. The highest BCUT2D eigenvalue weighted by Crippen LogP contribution is 2.41. The lowest BCUT2D eigenvalue weighted by Gasteiger charge is -2.23. The van der Waals surface area contributed by atoms with Crippen molar-refractivity contribution in [2.45, 2.75) is 17.6 Å². The molecular formula is C3H5F6N2O4S2-. The minimum atomic E-state index is -6.07. The summed E-state index contributed by atoms with van der Waals surface area (Å²) in [4.78, 5) is 0. The van der Waals surface area contributed by atoms with Gasteiger partial charge < -0.3 is 4.55 Å². The van der Waals surface area contributed by atoms with Gasteiger partial charge in [0.1, 0.15) is 0 Å². The van der Waals surface area contributed by atoms with E-state index in [0.717, 1.165) is 0 Å². The first kappa shape index (κ1) is 18.9.